The second-order valence-corrected chi connectivity index (χ2v) is 5.00. The summed E-state index contributed by atoms with van der Waals surface area (Å²) in [6, 6.07) is 4.28. The zero-order chi connectivity index (χ0) is 16.7. The van der Waals surface area contributed by atoms with Crippen LogP contribution in [0.1, 0.15) is 18.4 Å². The molecule has 0 saturated heterocycles. The fourth-order valence-electron chi connectivity index (χ4n) is 1.76. The first kappa shape index (κ1) is 20.8. The van der Waals surface area contributed by atoms with Gasteiger partial charge in [-0.15, -0.1) is 12.4 Å². The third-order valence-corrected chi connectivity index (χ3v) is 3.13. The Morgan fingerprint density at radius 1 is 1.30 bits per heavy atom. The Hall–Kier alpha value is -2.19. The first-order valence-electron chi connectivity index (χ1n) is 6.75. The zero-order valence-corrected chi connectivity index (χ0v) is 13.8. The Bertz CT molecular complexity index is 580. The number of hydrogen-bond acceptors (Lipinski definition) is 5. The number of rotatable bonds is 8. The van der Waals surface area contributed by atoms with E-state index in [2.05, 4.69) is 5.32 Å². The van der Waals surface area contributed by atoms with Gasteiger partial charge in [0.2, 0.25) is 5.91 Å². The third-order valence-electron chi connectivity index (χ3n) is 3.13. The van der Waals surface area contributed by atoms with E-state index in [1.54, 1.807) is 24.9 Å². The van der Waals surface area contributed by atoms with Crippen LogP contribution in [0.3, 0.4) is 0 Å². The maximum atomic E-state index is 11.9. The molecule has 23 heavy (non-hydrogen) atoms. The average molecular weight is 346 g/mol. The lowest BCUT2D eigenvalue weighted by atomic mass is 10.1. The van der Waals surface area contributed by atoms with Crippen LogP contribution in [0.5, 0.6) is 0 Å². The molecular weight excluding hydrogens is 326 g/mol. The maximum absolute atomic E-state index is 11.9. The van der Waals surface area contributed by atoms with Crippen molar-refractivity contribution in [3.8, 4) is 0 Å². The van der Waals surface area contributed by atoms with Crippen molar-refractivity contribution < 1.29 is 19.6 Å². The first-order valence-corrected chi connectivity index (χ1v) is 6.75. The fourth-order valence-corrected chi connectivity index (χ4v) is 1.76. The number of nitrogens with zero attached hydrogens (tertiary/aromatic N) is 2. The van der Waals surface area contributed by atoms with Crippen LogP contribution < -0.4 is 5.32 Å². The Kier molecular flexibility index (Phi) is 8.82. The van der Waals surface area contributed by atoms with Crippen molar-refractivity contribution in [2.45, 2.75) is 19.8 Å². The van der Waals surface area contributed by atoms with Crippen LogP contribution in [0.15, 0.2) is 18.2 Å². The van der Waals surface area contributed by atoms with Crippen molar-refractivity contribution in [2.75, 3.05) is 25.5 Å². The Balaban J connectivity index is 0.00000484. The molecule has 0 heterocycles. The number of nitrogens with one attached hydrogen (secondary N) is 1. The lowest BCUT2D eigenvalue weighted by Crippen LogP contribution is -2.26. The second-order valence-electron chi connectivity index (χ2n) is 5.00. The minimum atomic E-state index is -0.886. The van der Waals surface area contributed by atoms with Crippen LogP contribution in [-0.2, 0) is 9.59 Å². The van der Waals surface area contributed by atoms with Crippen molar-refractivity contribution >= 4 is 35.7 Å². The molecule has 0 bridgehead atoms. The molecule has 0 aromatic heterocycles. The topological polar surface area (TPSA) is 113 Å². The molecule has 0 saturated carbocycles. The third kappa shape index (κ3) is 7.57. The summed E-state index contributed by atoms with van der Waals surface area (Å²) in [4.78, 5) is 34.3. The monoisotopic (exact) mass is 345 g/mol. The van der Waals surface area contributed by atoms with Crippen molar-refractivity contribution in [3.05, 3.63) is 33.9 Å². The molecule has 0 aliphatic rings. The normalized spacial score (nSPS) is 10.0. The predicted octanol–water partition coefficient (Wildman–Crippen LogP) is 2.06. The van der Waals surface area contributed by atoms with Crippen LogP contribution in [0, 0.1) is 17.0 Å². The number of amides is 1. The number of halogens is 1. The van der Waals surface area contributed by atoms with Gasteiger partial charge in [-0.2, -0.15) is 0 Å². The van der Waals surface area contributed by atoms with Crippen molar-refractivity contribution in [3.63, 3.8) is 0 Å². The summed E-state index contributed by atoms with van der Waals surface area (Å²) in [7, 11) is 1.73. The molecule has 0 atom stereocenters. The van der Waals surface area contributed by atoms with Crippen molar-refractivity contribution in [2.24, 2.45) is 0 Å². The van der Waals surface area contributed by atoms with Crippen LogP contribution in [0.4, 0.5) is 11.4 Å². The van der Waals surface area contributed by atoms with Crippen LogP contribution in [0.2, 0.25) is 0 Å². The van der Waals surface area contributed by atoms with Gasteiger partial charge in [-0.25, -0.2) is 0 Å². The molecule has 1 aromatic rings. The highest BCUT2D eigenvalue weighted by atomic mass is 35.5. The Morgan fingerprint density at radius 3 is 2.48 bits per heavy atom. The molecule has 9 heteroatoms. The number of carbonyl (C=O) groups is 2. The van der Waals surface area contributed by atoms with Gasteiger partial charge in [0.25, 0.3) is 5.69 Å². The minimum Gasteiger partial charge on any atom is -0.481 e. The molecule has 1 amide bonds. The van der Waals surface area contributed by atoms with Gasteiger partial charge in [-0.05, 0) is 19.5 Å². The van der Waals surface area contributed by atoms with E-state index in [1.165, 1.54) is 12.1 Å². The van der Waals surface area contributed by atoms with Gasteiger partial charge < -0.3 is 15.3 Å². The summed E-state index contributed by atoms with van der Waals surface area (Å²) in [6.45, 7) is 2.52. The highest BCUT2D eigenvalue weighted by Gasteiger charge is 2.12. The van der Waals surface area contributed by atoms with E-state index < -0.39 is 10.9 Å². The molecule has 1 aromatic carbocycles. The molecule has 0 aliphatic carbocycles. The van der Waals surface area contributed by atoms with Gasteiger partial charge in [-0.3, -0.25) is 19.7 Å². The number of aliphatic carboxylic acids is 1. The molecule has 0 radical (unpaired) electrons. The van der Waals surface area contributed by atoms with Gasteiger partial charge in [0, 0.05) is 31.6 Å². The molecule has 2 N–H and O–H groups in total. The lowest BCUT2D eigenvalue weighted by Gasteiger charge is -2.15. The first-order chi connectivity index (χ1) is 10.3. The molecule has 0 spiro atoms. The molecule has 0 unspecified atom stereocenters. The summed E-state index contributed by atoms with van der Waals surface area (Å²) in [6.07, 6.45) is 0.195. The van der Waals surface area contributed by atoms with Crippen LogP contribution in [0.25, 0.3) is 0 Å². The number of carboxylic acids is 1. The average Bonchev–Trinajstić information content (AvgIpc) is 2.45. The van der Waals surface area contributed by atoms with Gasteiger partial charge in [-0.1, -0.05) is 6.07 Å². The summed E-state index contributed by atoms with van der Waals surface area (Å²) in [5, 5.41) is 21.9. The quantitative estimate of drug-likeness (QED) is 0.550. The Labute approximate surface area is 140 Å². The largest absolute Gasteiger partial charge is 0.481 e. The minimum absolute atomic E-state index is 0. The number of benzene rings is 1. The van der Waals surface area contributed by atoms with E-state index in [9.17, 15) is 19.7 Å². The SMILES string of the molecule is Cc1ccc([N+](=O)[O-])cc1NC(=O)CCN(C)CCC(=O)O.Cl. The molecule has 0 aliphatic heterocycles. The molecule has 0 fully saturated rings. The summed E-state index contributed by atoms with van der Waals surface area (Å²) in [5.74, 6) is -1.16. The summed E-state index contributed by atoms with van der Waals surface area (Å²) >= 11 is 0. The predicted molar refractivity (Wildman–Crippen MR) is 88.1 cm³/mol. The number of nitro groups is 1. The van der Waals surface area contributed by atoms with E-state index in [1.807, 2.05) is 0 Å². The standard InChI is InChI=1S/C14H19N3O5.ClH/c1-10-3-4-11(17(21)22)9-12(10)15-13(18)5-7-16(2)8-6-14(19)20;/h3-4,9H,5-8H2,1-2H3,(H,15,18)(H,19,20);1H. The van der Waals surface area contributed by atoms with Crippen LogP contribution >= 0.6 is 12.4 Å². The number of carbonyl (C=O) groups excluding carboxylic acids is 1. The van der Waals surface area contributed by atoms with E-state index in [0.29, 0.717) is 18.8 Å². The molecule has 128 valence electrons. The highest BCUT2D eigenvalue weighted by molar-refractivity contribution is 5.92. The summed E-state index contributed by atoms with van der Waals surface area (Å²) in [5.41, 5.74) is 1.06. The van der Waals surface area contributed by atoms with Crippen LogP contribution in [-0.4, -0.2) is 46.9 Å². The van der Waals surface area contributed by atoms with Crippen molar-refractivity contribution in [1.29, 1.82) is 0 Å². The van der Waals surface area contributed by atoms with Gasteiger partial charge in [0.1, 0.15) is 0 Å². The number of carboxylic acid groups (broad SMARTS) is 1. The number of anilines is 1. The molecular formula is C14H20ClN3O5. The highest BCUT2D eigenvalue weighted by Crippen LogP contribution is 2.21. The van der Waals surface area contributed by atoms with Gasteiger partial charge in [0.05, 0.1) is 17.0 Å². The molecule has 8 nitrogen and oxygen atoms in total. The summed E-state index contributed by atoms with van der Waals surface area (Å²) < 4.78 is 0. The second kappa shape index (κ2) is 9.75. The maximum Gasteiger partial charge on any atom is 0.304 e. The zero-order valence-electron chi connectivity index (χ0n) is 12.9. The Morgan fingerprint density at radius 2 is 1.91 bits per heavy atom. The van der Waals surface area contributed by atoms with E-state index in [4.69, 9.17) is 5.11 Å². The molecule has 1 rings (SSSR count). The fraction of sp³-hybridized carbons (Fsp3) is 0.429. The number of hydrogen-bond donors (Lipinski definition) is 2. The smallest absolute Gasteiger partial charge is 0.304 e. The number of non-ortho nitro benzene ring substituents is 1. The van der Waals surface area contributed by atoms with Gasteiger partial charge >= 0.3 is 5.97 Å². The van der Waals surface area contributed by atoms with E-state index in [0.717, 1.165) is 5.56 Å². The van der Waals surface area contributed by atoms with Gasteiger partial charge in [0.15, 0.2) is 0 Å². The number of aryl methyl sites for hydroxylation is 1. The van der Waals surface area contributed by atoms with Crippen molar-refractivity contribution in [1.82, 2.24) is 4.90 Å². The van der Waals surface area contributed by atoms with E-state index in [-0.39, 0.29) is 36.8 Å². The lowest BCUT2D eigenvalue weighted by molar-refractivity contribution is -0.384. The number of nitro benzene ring substituents is 1. The van der Waals surface area contributed by atoms with E-state index >= 15 is 0 Å².